The second-order valence-electron chi connectivity index (χ2n) is 7.83. The second-order valence-corrected chi connectivity index (χ2v) is 7.83. The third-order valence-electron chi connectivity index (χ3n) is 5.79. The van der Waals surface area contributed by atoms with Crippen LogP contribution in [-0.2, 0) is 4.79 Å². The van der Waals surface area contributed by atoms with Crippen LogP contribution in [0.25, 0.3) is 5.65 Å². The number of hydrogen-bond acceptors (Lipinski definition) is 7. The minimum atomic E-state index is -0.703. The van der Waals surface area contributed by atoms with Crippen LogP contribution in [0, 0.1) is 24.0 Å². The van der Waals surface area contributed by atoms with Crippen LogP contribution < -0.4 is 15.8 Å². The van der Waals surface area contributed by atoms with E-state index >= 15 is 0 Å². The van der Waals surface area contributed by atoms with Crippen molar-refractivity contribution in [3.05, 3.63) is 74.2 Å². The zero-order valence-electron chi connectivity index (χ0n) is 17.9. The minimum absolute atomic E-state index is 0.0747. The largest absolute Gasteiger partial charge is 0.376 e. The third-order valence-corrected chi connectivity index (χ3v) is 5.79. The van der Waals surface area contributed by atoms with Gasteiger partial charge in [0.25, 0.3) is 0 Å². The van der Waals surface area contributed by atoms with Crippen molar-refractivity contribution in [3.63, 3.8) is 0 Å². The first-order valence-corrected chi connectivity index (χ1v) is 10.3. The van der Waals surface area contributed by atoms with Crippen molar-refractivity contribution in [2.75, 3.05) is 42.9 Å². The standard InChI is InChI=1S/C22H24N6O4/c1-15-6-5-7-17(16(15)2)23-19(29)14-25-10-12-26(13-11-25)21-20(28(31)32)22(30)27-9-4-3-8-18(27)24-21/h3-9H,10-14H2,1-2H3,(H,23,29). The van der Waals surface area contributed by atoms with Crippen LogP contribution in [0.5, 0.6) is 0 Å². The lowest BCUT2D eigenvalue weighted by atomic mass is 10.1. The van der Waals surface area contributed by atoms with Gasteiger partial charge >= 0.3 is 11.2 Å². The van der Waals surface area contributed by atoms with Gasteiger partial charge in [-0.1, -0.05) is 18.2 Å². The lowest BCUT2D eigenvalue weighted by molar-refractivity contribution is -0.385. The summed E-state index contributed by atoms with van der Waals surface area (Å²) in [6.07, 6.45) is 1.47. The molecule has 166 valence electrons. The summed E-state index contributed by atoms with van der Waals surface area (Å²) in [4.78, 5) is 44.2. The number of hydrogen-bond donors (Lipinski definition) is 1. The highest BCUT2D eigenvalue weighted by atomic mass is 16.6. The zero-order valence-corrected chi connectivity index (χ0v) is 17.9. The van der Waals surface area contributed by atoms with Crippen molar-refractivity contribution >= 4 is 28.7 Å². The average Bonchev–Trinajstić information content (AvgIpc) is 2.77. The molecule has 1 aliphatic heterocycles. The Hall–Kier alpha value is -3.79. The van der Waals surface area contributed by atoms with E-state index in [1.165, 1.54) is 10.6 Å². The highest BCUT2D eigenvalue weighted by Gasteiger charge is 2.30. The van der Waals surface area contributed by atoms with Gasteiger partial charge in [0.15, 0.2) is 0 Å². The van der Waals surface area contributed by atoms with Crippen LogP contribution in [0.1, 0.15) is 11.1 Å². The van der Waals surface area contributed by atoms with E-state index in [0.717, 1.165) is 16.8 Å². The molecule has 0 atom stereocenters. The molecule has 0 spiro atoms. The average molecular weight is 436 g/mol. The van der Waals surface area contributed by atoms with Gasteiger partial charge in [0, 0.05) is 38.1 Å². The van der Waals surface area contributed by atoms with Gasteiger partial charge in [-0.25, -0.2) is 4.98 Å². The quantitative estimate of drug-likeness (QED) is 0.481. The van der Waals surface area contributed by atoms with E-state index in [4.69, 9.17) is 0 Å². The Labute approximate surface area is 184 Å². The van der Waals surface area contributed by atoms with Gasteiger partial charge < -0.3 is 10.2 Å². The third kappa shape index (κ3) is 4.17. The second kappa shape index (κ2) is 8.75. The first kappa shape index (κ1) is 21.4. The maximum absolute atomic E-state index is 12.7. The fraction of sp³-hybridized carbons (Fsp3) is 0.318. The fourth-order valence-electron chi connectivity index (χ4n) is 3.85. The van der Waals surface area contributed by atoms with Gasteiger partial charge in [-0.05, 0) is 43.2 Å². The molecule has 1 saturated heterocycles. The number of carbonyl (C=O) groups excluding carboxylic acids is 1. The maximum atomic E-state index is 12.7. The molecule has 1 aromatic carbocycles. The normalized spacial score (nSPS) is 14.5. The SMILES string of the molecule is Cc1cccc(NC(=O)CN2CCN(c3nc4ccccn4c(=O)c3[N+](=O)[O-])CC2)c1C. The van der Waals surface area contributed by atoms with E-state index in [2.05, 4.69) is 10.3 Å². The number of anilines is 2. The summed E-state index contributed by atoms with van der Waals surface area (Å²) in [6, 6.07) is 10.8. The molecule has 2 aromatic heterocycles. The molecule has 1 amide bonds. The molecule has 0 saturated carbocycles. The number of amides is 1. The van der Waals surface area contributed by atoms with E-state index in [0.29, 0.717) is 31.8 Å². The Kier molecular flexibility index (Phi) is 5.87. The Morgan fingerprint density at radius 2 is 1.88 bits per heavy atom. The summed E-state index contributed by atoms with van der Waals surface area (Å²) < 4.78 is 1.18. The Morgan fingerprint density at radius 1 is 1.12 bits per heavy atom. The zero-order chi connectivity index (χ0) is 22.8. The van der Waals surface area contributed by atoms with Gasteiger partial charge in [0.1, 0.15) is 5.65 Å². The van der Waals surface area contributed by atoms with Gasteiger partial charge in [-0.3, -0.25) is 29.0 Å². The monoisotopic (exact) mass is 436 g/mol. The number of nitrogens with zero attached hydrogens (tertiary/aromatic N) is 5. The molecule has 1 N–H and O–H groups in total. The van der Waals surface area contributed by atoms with E-state index in [9.17, 15) is 19.7 Å². The van der Waals surface area contributed by atoms with Gasteiger partial charge in [-0.15, -0.1) is 0 Å². The number of nitrogens with one attached hydrogen (secondary N) is 1. The summed E-state index contributed by atoms with van der Waals surface area (Å²) in [5.74, 6) is -0.0362. The first-order chi connectivity index (χ1) is 15.3. The molecule has 0 radical (unpaired) electrons. The minimum Gasteiger partial charge on any atom is -0.348 e. The number of aryl methyl sites for hydroxylation is 1. The first-order valence-electron chi connectivity index (χ1n) is 10.3. The molecule has 0 unspecified atom stereocenters. The molecular formula is C22H24N6O4. The Morgan fingerprint density at radius 3 is 2.59 bits per heavy atom. The Balaban J connectivity index is 1.46. The van der Waals surface area contributed by atoms with Crippen LogP contribution >= 0.6 is 0 Å². The summed E-state index contributed by atoms with van der Waals surface area (Å²) in [6.45, 7) is 6.07. The number of fused-ring (bicyclic) bond motifs is 1. The predicted octanol–water partition coefficient (Wildman–Crippen LogP) is 1.98. The van der Waals surface area contributed by atoms with Crippen molar-refractivity contribution in [2.24, 2.45) is 0 Å². The van der Waals surface area contributed by atoms with Crippen LogP contribution in [-0.4, -0.2) is 57.8 Å². The predicted molar refractivity (Wildman–Crippen MR) is 121 cm³/mol. The topological polar surface area (TPSA) is 113 Å². The highest BCUT2D eigenvalue weighted by Crippen LogP contribution is 2.24. The van der Waals surface area contributed by atoms with Gasteiger partial charge in [0.2, 0.25) is 11.7 Å². The number of piperazine rings is 1. The number of aromatic nitrogens is 2. The van der Waals surface area contributed by atoms with E-state index in [1.807, 2.05) is 36.9 Å². The molecule has 3 heterocycles. The molecule has 1 aliphatic rings. The van der Waals surface area contributed by atoms with Crippen molar-refractivity contribution in [1.82, 2.24) is 14.3 Å². The van der Waals surface area contributed by atoms with Crippen LogP contribution in [0.15, 0.2) is 47.4 Å². The van der Waals surface area contributed by atoms with Crippen molar-refractivity contribution < 1.29 is 9.72 Å². The number of nitro groups is 1. The van der Waals surface area contributed by atoms with Gasteiger partial charge in [0.05, 0.1) is 11.5 Å². The molecule has 10 nitrogen and oxygen atoms in total. The molecule has 0 bridgehead atoms. The van der Waals surface area contributed by atoms with E-state index in [-0.39, 0.29) is 18.3 Å². The summed E-state index contributed by atoms with van der Waals surface area (Å²) in [5, 5.41) is 14.6. The number of benzene rings is 1. The van der Waals surface area contributed by atoms with Crippen LogP contribution in [0.4, 0.5) is 17.2 Å². The summed E-state index contributed by atoms with van der Waals surface area (Å²) in [5.41, 5.74) is 2.06. The summed E-state index contributed by atoms with van der Waals surface area (Å²) >= 11 is 0. The lowest BCUT2D eigenvalue weighted by Crippen LogP contribution is -2.49. The fourth-order valence-corrected chi connectivity index (χ4v) is 3.85. The van der Waals surface area contributed by atoms with E-state index in [1.54, 1.807) is 23.1 Å². The molecule has 4 rings (SSSR count). The number of carbonyl (C=O) groups is 1. The smallest absolute Gasteiger partial charge is 0.348 e. The summed E-state index contributed by atoms with van der Waals surface area (Å²) in [7, 11) is 0. The molecule has 0 aliphatic carbocycles. The molecule has 10 heteroatoms. The van der Waals surface area contributed by atoms with Crippen molar-refractivity contribution in [1.29, 1.82) is 0 Å². The number of rotatable bonds is 5. The Bertz CT molecular complexity index is 1250. The molecular weight excluding hydrogens is 412 g/mol. The molecule has 3 aromatic rings. The molecule has 32 heavy (non-hydrogen) atoms. The van der Waals surface area contributed by atoms with Crippen LogP contribution in [0.3, 0.4) is 0 Å². The van der Waals surface area contributed by atoms with Gasteiger partial charge in [-0.2, -0.15) is 0 Å². The van der Waals surface area contributed by atoms with Crippen molar-refractivity contribution in [2.45, 2.75) is 13.8 Å². The highest BCUT2D eigenvalue weighted by molar-refractivity contribution is 5.93. The number of pyridine rings is 1. The lowest BCUT2D eigenvalue weighted by Gasteiger charge is -2.34. The van der Waals surface area contributed by atoms with E-state index < -0.39 is 16.2 Å². The molecule has 1 fully saturated rings. The van der Waals surface area contributed by atoms with Crippen molar-refractivity contribution in [3.8, 4) is 0 Å². The van der Waals surface area contributed by atoms with Crippen LogP contribution in [0.2, 0.25) is 0 Å². The maximum Gasteiger partial charge on any atom is 0.376 e.